The first-order chi connectivity index (χ1) is 15.7. The average Bonchev–Trinajstić information content (AvgIpc) is 3.40. The van der Waals surface area contributed by atoms with Crippen LogP contribution in [0.1, 0.15) is 22.6 Å². The summed E-state index contributed by atoms with van der Waals surface area (Å²) in [5.74, 6) is -0.299. The lowest BCUT2D eigenvalue weighted by Gasteiger charge is -2.24. The molecule has 0 saturated carbocycles. The van der Waals surface area contributed by atoms with Crippen molar-refractivity contribution in [3.8, 4) is 10.4 Å². The molecule has 33 heavy (non-hydrogen) atoms. The summed E-state index contributed by atoms with van der Waals surface area (Å²) in [5.41, 5.74) is 9.13. The fraction of sp³-hybridized carbons (Fsp3) is 0.304. The highest BCUT2D eigenvalue weighted by Gasteiger charge is 2.30. The molecule has 2 aromatic carbocycles. The fourth-order valence-corrected chi connectivity index (χ4v) is 4.60. The van der Waals surface area contributed by atoms with Gasteiger partial charge in [-0.25, -0.2) is 4.98 Å². The van der Waals surface area contributed by atoms with Crippen LogP contribution in [0.25, 0.3) is 10.4 Å². The number of alkyl halides is 3. The quantitative estimate of drug-likeness (QED) is 0.446. The number of thiazole rings is 1. The van der Waals surface area contributed by atoms with Crippen molar-refractivity contribution in [2.45, 2.75) is 24.6 Å². The van der Waals surface area contributed by atoms with Gasteiger partial charge in [-0.1, -0.05) is 29.5 Å². The Morgan fingerprint density at radius 3 is 2.70 bits per heavy atom. The summed E-state index contributed by atoms with van der Waals surface area (Å²) in [6, 6.07) is 10.4. The Hall–Kier alpha value is -2.95. The lowest BCUT2D eigenvalue weighted by atomic mass is 9.92. The normalized spacial score (nSPS) is 15.1. The minimum atomic E-state index is -4.38. The van der Waals surface area contributed by atoms with E-state index in [2.05, 4.69) is 15.6 Å². The minimum absolute atomic E-state index is 0.0125. The van der Waals surface area contributed by atoms with Gasteiger partial charge in [-0.15, -0.1) is 0 Å². The number of hydrogen-bond donors (Lipinski definition) is 3. The number of benzene rings is 2. The molecule has 2 heterocycles. The van der Waals surface area contributed by atoms with Gasteiger partial charge in [0.1, 0.15) is 0 Å². The molecule has 3 aromatic rings. The summed E-state index contributed by atoms with van der Waals surface area (Å²) in [6.45, 7) is 0.643. The molecule has 174 valence electrons. The number of aromatic nitrogens is 1. The molecule has 0 unspecified atom stereocenters. The monoisotopic (exact) mass is 476 g/mol. The van der Waals surface area contributed by atoms with Gasteiger partial charge in [-0.05, 0) is 41.0 Å². The van der Waals surface area contributed by atoms with Gasteiger partial charge in [0.15, 0.2) is 5.13 Å². The van der Waals surface area contributed by atoms with Crippen LogP contribution in [-0.4, -0.2) is 37.2 Å². The zero-order chi connectivity index (χ0) is 23.6. The van der Waals surface area contributed by atoms with E-state index in [-0.39, 0.29) is 18.4 Å². The fourth-order valence-electron chi connectivity index (χ4n) is 3.79. The smallest absolute Gasteiger partial charge is 0.384 e. The number of ether oxygens (including phenoxy) is 1. The molecular formula is C23H23F3N4O2S. The molecule has 10 heteroatoms. The molecule has 0 aliphatic carbocycles. The third kappa shape index (κ3) is 5.35. The first kappa shape index (κ1) is 23.2. The van der Waals surface area contributed by atoms with E-state index in [9.17, 15) is 18.0 Å². The van der Waals surface area contributed by atoms with Gasteiger partial charge in [-0.2, -0.15) is 13.2 Å². The Balaban J connectivity index is 1.41. The van der Waals surface area contributed by atoms with Crippen LogP contribution in [0.15, 0.2) is 48.7 Å². The third-order valence-electron chi connectivity index (χ3n) is 5.54. The van der Waals surface area contributed by atoms with E-state index in [0.717, 1.165) is 33.8 Å². The van der Waals surface area contributed by atoms with Crippen LogP contribution in [0.4, 0.5) is 24.0 Å². The topological polar surface area (TPSA) is 89.3 Å². The number of rotatable bonds is 8. The van der Waals surface area contributed by atoms with Crippen molar-refractivity contribution in [1.29, 1.82) is 0 Å². The van der Waals surface area contributed by atoms with Crippen molar-refractivity contribution >= 4 is 28.1 Å². The largest absolute Gasteiger partial charge is 0.416 e. The zero-order valence-electron chi connectivity index (χ0n) is 17.8. The van der Waals surface area contributed by atoms with Gasteiger partial charge in [0.2, 0.25) is 5.91 Å². The van der Waals surface area contributed by atoms with Crippen LogP contribution in [0, 0.1) is 0 Å². The predicted octanol–water partition coefficient (Wildman–Crippen LogP) is 4.49. The van der Waals surface area contributed by atoms with E-state index in [4.69, 9.17) is 10.5 Å². The zero-order valence-corrected chi connectivity index (χ0v) is 18.6. The van der Waals surface area contributed by atoms with Crippen LogP contribution in [0.2, 0.25) is 0 Å². The number of nitrogens with two attached hydrogens (primary N) is 1. The summed E-state index contributed by atoms with van der Waals surface area (Å²) < 4.78 is 43.8. The van der Waals surface area contributed by atoms with E-state index >= 15 is 0 Å². The van der Waals surface area contributed by atoms with Crippen LogP contribution in [0.5, 0.6) is 0 Å². The molecule has 0 spiro atoms. The highest BCUT2D eigenvalue weighted by molar-refractivity contribution is 7.18. The van der Waals surface area contributed by atoms with Crippen molar-refractivity contribution in [3.63, 3.8) is 0 Å². The SMILES string of the molecule is COC[C@@H](c1ccc(C(F)(F)F)cc1)[C@H](N)CNc1ncc(-c2ccc3c(c2)CC(=O)N3)s1. The number of anilines is 2. The van der Waals surface area contributed by atoms with E-state index in [0.29, 0.717) is 23.7 Å². The summed E-state index contributed by atoms with van der Waals surface area (Å²) in [5, 5.41) is 6.71. The Kier molecular flexibility index (Phi) is 6.68. The summed E-state index contributed by atoms with van der Waals surface area (Å²) in [4.78, 5) is 16.9. The molecule has 1 aromatic heterocycles. The van der Waals surface area contributed by atoms with Crippen molar-refractivity contribution < 1.29 is 22.7 Å². The molecule has 0 bridgehead atoms. The maximum Gasteiger partial charge on any atom is 0.416 e. The summed E-state index contributed by atoms with van der Waals surface area (Å²) >= 11 is 1.46. The van der Waals surface area contributed by atoms with Gasteiger partial charge in [-0.3, -0.25) is 4.79 Å². The highest BCUT2D eigenvalue weighted by Crippen LogP contribution is 2.34. The maximum atomic E-state index is 12.9. The van der Waals surface area contributed by atoms with Crippen LogP contribution in [0.3, 0.4) is 0 Å². The molecule has 1 aliphatic heterocycles. The van der Waals surface area contributed by atoms with Crippen LogP contribution in [-0.2, 0) is 22.1 Å². The minimum Gasteiger partial charge on any atom is -0.384 e. The number of amides is 1. The van der Waals surface area contributed by atoms with Crippen molar-refractivity contribution in [3.05, 3.63) is 65.4 Å². The predicted molar refractivity (Wildman–Crippen MR) is 122 cm³/mol. The molecule has 0 fully saturated rings. The number of halogens is 3. The highest BCUT2D eigenvalue weighted by atomic mass is 32.1. The number of fused-ring (bicyclic) bond motifs is 1. The lowest BCUT2D eigenvalue weighted by molar-refractivity contribution is -0.137. The second-order valence-electron chi connectivity index (χ2n) is 7.85. The molecule has 4 N–H and O–H groups in total. The Morgan fingerprint density at radius 1 is 1.24 bits per heavy atom. The van der Waals surface area contributed by atoms with E-state index in [1.807, 2.05) is 18.2 Å². The number of nitrogens with zero attached hydrogens (tertiary/aromatic N) is 1. The number of hydrogen-bond acceptors (Lipinski definition) is 6. The summed E-state index contributed by atoms with van der Waals surface area (Å²) in [6.07, 6.45) is -2.26. The summed E-state index contributed by atoms with van der Waals surface area (Å²) in [7, 11) is 1.53. The molecule has 0 radical (unpaired) electrons. The molecule has 0 saturated heterocycles. The van der Waals surface area contributed by atoms with E-state index in [1.54, 1.807) is 6.20 Å². The molecular weight excluding hydrogens is 453 g/mol. The Morgan fingerprint density at radius 2 is 2.00 bits per heavy atom. The van der Waals surface area contributed by atoms with Crippen LogP contribution >= 0.6 is 11.3 Å². The van der Waals surface area contributed by atoms with Gasteiger partial charge >= 0.3 is 6.18 Å². The number of carbonyl (C=O) groups excluding carboxylic acids is 1. The van der Waals surface area contributed by atoms with Crippen molar-refractivity contribution in [2.75, 3.05) is 30.9 Å². The van der Waals surface area contributed by atoms with Gasteiger partial charge < -0.3 is 21.1 Å². The number of nitrogens with one attached hydrogen (secondary N) is 2. The van der Waals surface area contributed by atoms with Crippen LogP contribution < -0.4 is 16.4 Å². The van der Waals surface area contributed by atoms with E-state index in [1.165, 1.54) is 30.6 Å². The van der Waals surface area contributed by atoms with Gasteiger partial charge in [0, 0.05) is 37.5 Å². The third-order valence-corrected chi connectivity index (χ3v) is 6.54. The van der Waals surface area contributed by atoms with E-state index < -0.39 is 17.8 Å². The number of methoxy groups -OCH3 is 1. The lowest BCUT2D eigenvalue weighted by Crippen LogP contribution is -2.37. The van der Waals surface area contributed by atoms with Crippen molar-refractivity contribution in [1.82, 2.24) is 4.98 Å². The van der Waals surface area contributed by atoms with Gasteiger partial charge in [0.25, 0.3) is 0 Å². The average molecular weight is 477 g/mol. The first-order valence-corrected chi connectivity index (χ1v) is 11.1. The molecule has 4 rings (SSSR count). The van der Waals surface area contributed by atoms with Crippen molar-refractivity contribution in [2.24, 2.45) is 5.73 Å². The second-order valence-corrected chi connectivity index (χ2v) is 8.88. The number of carbonyl (C=O) groups is 1. The molecule has 1 amide bonds. The van der Waals surface area contributed by atoms with Gasteiger partial charge in [0.05, 0.1) is 23.5 Å². The molecule has 6 nitrogen and oxygen atoms in total. The Labute approximate surface area is 193 Å². The maximum absolute atomic E-state index is 12.9. The first-order valence-electron chi connectivity index (χ1n) is 10.3. The Bertz CT molecular complexity index is 1130. The second kappa shape index (κ2) is 9.50. The molecule has 1 aliphatic rings. The standard InChI is InChI=1S/C23H23F3N4O2S/c1-32-12-17(13-2-5-16(6-3-13)23(24,25)26)18(27)10-28-22-29-11-20(33-22)14-4-7-19-15(8-14)9-21(31)30-19/h2-8,11,17-18H,9-10,12,27H2,1H3,(H,28,29)(H,30,31)/t17-,18+/m0/s1. The molecule has 2 atom stereocenters.